The molecule has 3 aromatic rings. The van der Waals surface area contributed by atoms with Crippen LogP contribution in [0.1, 0.15) is 40.7 Å². The second-order valence-corrected chi connectivity index (χ2v) is 9.65. The molecular weight excluding hydrogens is 426 g/mol. The predicted molar refractivity (Wildman–Crippen MR) is 123 cm³/mol. The van der Waals surface area contributed by atoms with Crippen molar-refractivity contribution in [2.45, 2.75) is 44.0 Å². The van der Waals surface area contributed by atoms with Gasteiger partial charge in [0.05, 0.1) is 16.8 Å². The normalized spacial score (nSPS) is 13.8. The van der Waals surface area contributed by atoms with Crippen molar-refractivity contribution in [2.75, 3.05) is 4.72 Å². The second kappa shape index (κ2) is 9.00. The van der Waals surface area contributed by atoms with E-state index in [1.165, 1.54) is 6.20 Å². The Balaban J connectivity index is 1.38. The Morgan fingerprint density at radius 3 is 2.34 bits per heavy atom. The summed E-state index contributed by atoms with van der Waals surface area (Å²) in [5.41, 5.74) is 2.84. The number of anilines is 1. The highest BCUT2D eigenvalue weighted by molar-refractivity contribution is 7.92. The maximum Gasteiger partial charge on any atom is 0.261 e. The number of rotatable bonds is 7. The highest BCUT2D eigenvalue weighted by atomic mass is 32.2. The molecular formula is C24H25N3O4S. The fourth-order valence-corrected chi connectivity index (χ4v) is 4.34. The van der Waals surface area contributed by atoms with Gasteiger partial charge in [0.2, 0.25) is 5.88 Å². The van der Waals surface area contributed by atoms with Crippen LogP contribution in [0.25, 0.3) is 0 Å². The van der Waals surface area contributed by atoms with Crippen molar-refractivity contribution < 1.29 is 17.9 Å². The average molecular weight is 452 g/mol. The third kappa shape index (κ3) is 5.08. The van der Waals surface area contributed by atoms with Crippen molar-refractivity contribution in [3.05, 3.63) is 77.5 Å². The molecule has 0 bridgehead atoms. The monoisotopic (exact) mass is 451 g/mol. The number of nitrogens with zero attached hydrogens (tertiary/aromatic N) is 1. The van der Waals surface area contributed by atoms with Crippen LogP contribution in [-0.2, 0) is 10.0 Å². The summed E-state index contributed by atoms with van der Waals surface area (Å²) in [6, 6.07) is 15.3. The Hall–Kier alpha value is -3.39. The number of nitrogens with one attached hydrogen (secondary N) is 2. The molecule has 8 heteroatoms. The van der Waals surface area contributed by atoms with Crippen LogP contribution < -0.4 is 14.8 Å². The molecule has 2 N–H and O–H groups in total. The molecule has 1 fully saturated rings. The van der Waals surface area contributed by atoms with E-state index in [9.17, 15) is 13.2 Å². The molecule has 1 aromatic heterocycles. The van der Waals surface area contributed by atoms with Crippen LogP contribution in [0.4, 0.5) is 5.69 Å². The smallest absolute Gasteiger partial charge is 0.261 e. The summed E-state index contributed by atoms with van der Waals surface area (Å²) in [4.78, 5) is 16.6. The van der Waals surface area contributed by atoms with Gasteiger partial charge in [0.15, 0.2) is 0 Å². The molecule has 1 amide bonds. The lowest BCUT2D eigenvalue weighted by atomic mass is 9.93. The van der Waals surface area contributed by atoms with Gasteiger partial charge >= 0.3 is 0 Å². The molecule has 0 atom stereocenters. The van der Waals surface area contributed by atoms with E-state index in [1.807, 2.05) is 13.8 Å². The van der Waals surface area contributed by atoms with Gasteiger partial charge in [-0.15, -0.1) is 0 Å². The molecule has 1 saturated carbocycles. The standard InChI is InChI=1S/C24H25N3O4S/c1-16-6-12-22(14-17(16)2)32(29,30)27-20-9-13-23(25-15-20)31-21-10-7-18(8-11-21)24(28)26-19-4-3-5-19/h6-15,19,27H,3-5H2,1-2H3,(H,26,28). The molecule has 2 aromatic carbocycles. The molecule has 0 unspecified atom stereocenters. The first kappa shape index (κ1) is 21.8. The van der Waals surface area contributed by atoms with Crippen molar-refractivity contribution >= 4 is 21.6 Å². The lowest BCUT2D eigenvalue weighted by Crippen LogP contribution is -2.39. The van der Waals surface area contributed by atoms with Gasteiger partial charge in [-0.1, -0.05) is 6.07 Å². The summed E-state index contributed by atoms with van der Waals surface area (Å²) in [5.74, 6) is 0.756. The summed E-state index contributed by atoms with van der Waals surface area (Å²) in [6.07, 6.45) is 4.63. The predicted octanol–water partition coefficient (Wildman–Crippen LogP) is 4.57. The van der Waals surface area contributed by atoms with E-state index in [-0.39, 0.29) is 16.8 Å². The highest BCUT2D eigenvalue weighted by Crippen LogP contribution is 2.24. The maximum absolute atomic E-state index is 12.6. The lowest BCUT2D eigenvalue weighted by Gasteiger charge is -2.26. The Labute approximate surface area is 187 Å². The number of aryl methyl sites for hydroxylation is 2. The van der Waals surface area contributed by atoms with E-state index < -0.39 is 10.0 Å². The third-order valence-corrected chi connectivity index (χ3v) is 6.94. The first-order valence-corrected chi connectivity index (χ1v) is 11.9. The number of hydrogen-bond donors (Lipinski definition) is 2. The van der Waals surface area contributed by atoms with Gasteiger partial charge in [0.1, 0.15) is 5.75 Å². The summed E-state index contributed by atoms with van der Waals surface area (Å²) < 4.78 is 33.5. The van der Waals surface area contributed by atoms with Crippen molar-refractivity contribution in [2.24, 2.45) is 0 Å². The van der Waals surface area contributed by atoms with Crippen LogP contribution in [0.3, 0.4) is 0 Å². The van der Waals surface area contributed by atoms with E-state index in [0.29, 0.717) is 22.9 Å². The number of benzene rings is 2. The van der Waals surface area contributed by atoms with Crippen LogP contribution in [-0.4, -0.2) is 25.4 Å². The Bertz CT molecular complexity index is 1220. The summed E-state index contributed by atoms with van der Waals surface area (Å²) in [6.45, 7) is 3.80. The molecule has 0 radical (unpaired) electrons. The zero-order chi connectivity index (χ0) is 22.7. The zero-order valence-electron chi connectivity index (χ0n) is 18.0. The quantitative estimate of drug-likeness (QED) is 0.548. The van der Waals surface area contributed by atoms with Crippen molar-refractivity contribution in [1.82, 2.24) is 10.3 Å². The summed E-state index contributed by atoms with van der Waals surface area (Å²) in [5, 5.41) is 3.00. The number of ether oxygens (including phenoxy) is 1. The molecule has 4 rings (SSSR count). The third-order valence-electron chi connectivity index (χ3n) is 5.56. The lowest BCUT2D eigenvalue weighted by molar-refractivity contribution is 0.0917. The van der Waals surface area contributed by atoms with Gasteiger partial charge in [-0.2, -0.15) is 0 Å². The average Bonchev–Trinajstić information content (AvgIpc) is 2.74. The maximum atomic E-state index is 12.6. The Morgan fingerprint density at radius 2 is 1.75 bits per heavy atom. The molecule has 0 spiro atoms. The van der Waals surface area contributed by atoms with Crippen molar-refractivity contribution in [3.8, 4) is 11.6 Å². The van der Waals surface area contributed by atoms with E-state index in [2.05, 4.69) is 15.0 Å². The van der Waals surface area contributed by atoms with Crippen LogP contribution in [0.2, 0.25) is 0 Å². The summed E-state index contributed by atoms with van der Waals surface area (Å²) in [7, 11) is -3.71. The topological polar surface area (TPSA) is 97.4 Å². The van der Waals surface area contributed by atoms with Gasteiger partial charge in [0, 0.05) is 17.7 Å². The zero-order valence-corrected chi connectivity index (χ0v) is 18.8. The Morgan fingerprint density at radius 1 is 1.00 bits per heavy atom. The number of hydrogen-bond acceptors (Lipinski definition) is 5. The van der Waals surface area contributed by atoms with Crippen molar-refractivity contribution in [3.63, 3.8) is 0 Å². The highest BCUT2D eigenvalue weighted by Gasteiger charge is 2.20. The minimum absolute atomic E-state index is 0.0835. The molecule has 1 aliphatic rings. The number of pyridine rings is 1. The van der Waals surface area contributed by atoms with E-state index in [4.69, 9.17) is 4.74 Å². The molecule has 1 heterocycles. The Kier molecular flexibility index (Phi) is 6.14. The second-order valence-electron chi connectivity index (χ2n) is 7.96. The molecule has 1 aliphatic carbocycles. The fraction of sp³-hybridized carbons (Fsp3) is 0.250. The van der Waals surface area contributed by atoms with E-state index in [1.54, 1.807) is 54.6 Å². The summed E-state index contributed by atoms with van der Waals surface area (Å²) >= 11 is 0. The minimum Gasteiger partial charge on any atom is -0.439 e. The number of carbonyl (C=O) groups excluding carboxylic acids is 1. The van der Waals surface area contributed by atoms with Crippen molar-refractivity contribution in [1.29, 1.82) is 0 Å². The van der Waals surface area contributed by atoms with Crippen LogP contribution >= 0.6 is 0 Å². The van der Waals surface area contributed by atoms with Gasteiger partial charge in [0.25, 0.3) is 15.9 Å². The van der Waals surface area contributed by atoms with Gasteiger partial charge in [-0.3, -0.25) is 9.52 Å². The molecule has 32 heavy (non-hydrogen) atoms. The van der Waals surface area contributed by atoms with Crippen LogP contribution in [0.15, 0.2) is 65.7 Å². The fourth-order valence-electron chi connectivity index (χ4n) is 3.21. The minimum atomic E-state index is -3.71. The van der Waals surface area contributed by atoms with E-state index in [0.717, 1.165) is 30.4 Å². The first-order chi connectivity index (χ1) is 15.3. The van der Waals surface area contributed by atoms with Crippen LogP contribution in [0, 0.1) is 13.8 Å². The first-order valence-electron chi connectivity index (χ1n) is 10.4. The van der Waals surface area contributed by atoms with E-state index >= 15 is 0 Å². The number of sulfonamides is 1. The SMILES string of the molecule is Cc1ccc(S(=O)(=O)Nc2ccc(Oc3ccc(C(=O)NC4CCC4)cc3)nc2)cc1C. The number of aromatic nitrogens is 1. The van der Waals surface area contributed by atoms with Crippen LogP contribution in [0.5, 0.6) is 11.6 Å². The molecule has 0 saturated heterocycles. The van der Waals surface area contributed by atoms with Gasteiger partial charge in [-0.25, -0.2) is 13.4 Å². The molecule has 0 aliphatic heterocycles. The number of carbonyl (C=O) groups is 1. The van der Waals surface area contributed by atoms with Gasteiger partial charge < -0.3 is 10.1 Å². The molecule has 7 nitrogen and oxygen atoms in total. The molecule has 166 valence electrons. The van der Waals surface area contributed by atoms with Gasteiger partial charge in [-0.05, 0) is 86.7 Å². The largest absolute Gasteiger partial charge is 0.439 e. The number of amides is 1.